The van der Waals surface area contributed by atoms with E-state index in [1.54, 1.807) is 19.1 Å². The second kappa shape index (κ2) is 10.3. The number of thiophene rings is 1. The van der Waals surface area contributed by atoms with Crippen LogP contribution in [0.5, 0.6) is 0 Å². The summed E-state index contributed by atoms with van der Waals surface area (Å²) in [6, 6.07) is 13.8. The van der Waals surface area contributed by atoms with Gasteiger partial charge in [-0.2, -0.15) is 13.2 Å². The van der Waals surface area contributed by atoms with Crippen LogP contribution < -0.4 is 0 Å². The molecule has 0 bridgehead atoms. The molecule has 10 heteroatoms. The van der Waals surface area contributed by atoms with Crippen molar-refractivity contribution < 1.29 is 31.5 Å². The highest BCUT2D eigenvalue weighted by Gasteiger charge is 2.32. The Morgan fingerprint density at radius 3 is 2.36 bits per heavy atom. The number of aryl methyl sites for hydroxylation is 1. The van der Waals surface area contributed by atoms with Crippen LogP contribution in [0.2, 0.25) is 0 Å². The van der Waals surface area contributed by atoms with E-state index in [0.717, 1.165) is 38.6 Å². The normalized spacial score (nSPS) is 13.0. The number of hydrogen-bond donors (Lipinski definition) is 1. The Kier molecular flexibility index (Phi) is 7.57. The number of aromatic carboxylic acids is 1. The average molecular weight is 576 g/mol. The molecule has 0 radical (unpaired) electrons. The molecular weight excluding hydrogens is 547 g/mol. The third-order valence-electron chi connectivity index (χ3n) is 6.49. The van der Waals surface area contributed by atoms with Crippen molar-refractivity contribution in [3.05, 3.63) is 98.4 Å². The lowest BCUT2D eigenvalue weighted by atomic mass is 9.86. The van der Waals surface area contributed by atoms with Crippen LogP contribution in [0.1, 0.15) is 63.3 Å². The number of nitrogens with zero attached hydrogens (tertiary/aromatic N) is 1. The number of halogens is 3. The van der Waals surface area contributed by atoms with E-state index < -0.39 is 27.7 Å². The molecule has 0 aliphatic heterocycles. The van der Waals surface area contributed by atoms with Crippen LogP contribution in [0.4, 0.5) is 13.2 Å². The standard InChI is InChI=1S/C29H28F3NO4S2/c1-18-23-16-21(29(30,31)32)10-12-24(23)33(25(18)17-22-11-13-26(38-22)27(34)35)39(36,37)14-6-8-19-7-5-9-20(15-19)28(2,3)4/h5-13,15-16H,14,17H2,1-4H3,(H,34,35). The van der Waals surface area contributed by atoms with E-state index in [1.807, 2.05) is 24.3 Å². The lowest BCUT2D eigenvalue weighted by Crippen LogP contribution is -2.18. The summed E-state index contributed by atoms with van der Waals surface area (Å²) in [5.74, 6) is -1.49. The molecule has 4 aromatic rings. The molecule has 0 aliphatic carbocycles. The quantitative estimate of drug-likeness (QED) is 0.248. The molecule has 1 N–H and O–H groups in total. The Labute approximate surface area is 229 Å². The first-order chi connectivity index (χ1) is 18.1. The molecule has 4 rings (SSSR count). The van der Waals surface area contributed by atoms with Crippen LogP contribution in [0, 0.1) is 6.92 Å². The maximum absolute atomic E-state index is 13.7. The number of aromatic nitrogens is 1. The van der Waals surface area contributed by atoms with Gasteiger partial charge in [0.2, 0.25) is 10.0 Å². The third-order valence-corrected chi connectivity index (χ3v) is 9.15. The molecule has 206 valence electrons. The lowest BCUT2D eigenvalue weighted by Gasteiger charge is -2.19. The second-order valence-corrected chi connectivity index (χ2v) is 13.4. The van der Waals surface area contributed by atoms with Crippen molar-refractivity contribution in [1.29, 1.82) is 0 Å². The fourth-order valence-corrected chi connectivity index (χ4v) is 6.74. The number of carboxylic acids is 1. The van der Waals surface area contributed by atoms with Crippen molar-refractivity contribution in [2.24, 2.45) is 0 Å². The Hall–Kier alpha value is -3.37. The molecule has 0 saturated carbocycles. The van der Waals surface area contributed by atoms with Crippen LogP contribution in [-0.2, 0) is 28.0 Å². The summed E-state index contributed by atoms with van der Waals surface area (Å²) in [5, 5.41) is 9.45. The maximum Gasteiger partial charge on any atom is 0.416 e. The molecule has 0 amide bonds. The van der Waals surface area contributed by atoms with Crippen LogP contribution in [0.3, 0.4) is 0 Å². The molecule has 0 fully saturated rings. The summed E-state index contributed by atoms with van der Waals surface area (Å²) in [6.07, 6.45) is -1.29. The predicted molar refractivity (Wildman–Crippen MR) is 149 cm³/mol. The summed E-state index contributed by atoms with van der Waals surface area (Å²) < 4.78 is 68.8. The van der Waals surface area contributed by atoms with Gasteiger partial charge in [0.05, 0.1) is 16.8 Å². The Balaban J connectivity index is 1.78. The van der Waals surface area contributed by atoms with Crippen LogP contribution in [0.25, 0.3) is 17.0 Å². The van der Waals surface area contributed by atoms with E-state index in [1.165, 1.54) is 18.2 Å². The number of rotatable bonds is 7. The first kappa shape index (κ1) is 28.6. The molecule has 2 heterocycles. The average Bonchev–Trinajstić information content (AvgIpc) is 3.41. The minimum absolute atomic E-state index is 0.0520. The summed E-state index contributed by atoms with van der Waals surface area (Å²) in [5.41, 5.74) is 1.82. The van der Waals surface area contributed by atoms with E-state index >= 15 is 0 Å². The number of carboxylic acid groups (broad SMARTS) is 1. The SMILES string of the molecule is Cc1c(Cc2ccc(C(=O)O)s2)n(S(=O)(=O)CC=Cc2cccc(C(C)(C)C)c2)c2ccc(C(F)(F)F)cc12. The smallest absolute Gasteiger partial charge is 0.416 e. The Bertz CT molecular complexity index is 1690. The Morgan fingerprint density at radius 2 is 1.74 bits per heavy atom. The van der Waals surface area contributed by atoms with Gasteiger partial charge >= 0.3 is 12.1 Å². The number of hydrogen-bond acceptors (Lipinski definition) is 4. The van der Waals surface area contributed by atoms with Crippen LogP contribution in [0.15, 0.2) is 60.7 Å². The van der Waals surface area contributed by atoms with Gasteiger partial charge in [0.25, 0.3) is 0 Å². The molecule has 0 atom stereocenters. The van der Waals surface area contributed by atoms with Crippen molar-refractivity contribution in [1.82, 2.24) is 3.97 Å². The van der Waals surface area contributed by atoms with Crippen molar-refractivity contribution in [2.75, 3.05) is 5.75 Å². The number of benzene rings is 2. The van der Waals surface area contributed by atoms with Gasteiger partial charge in [0, 0.05) is 22.4 Å². The van der Waals surface area contributed by atoms with Gasteiger partial charge in [-0.1, -0.05) is 57.2 Å². The van der Waals surface area contributed by atoms with Gasteiger partial charge in [-0.25, -0.2) is 17.2 Å². The van der Waals surface area contributed by atoms with Gasteiger partial charge in [-0.15, -0.1) is 11.3 Å². The number of carbonyl (C=O) groups is 1. The molecule has 0 unspecified atom stereocenters. The van der Waals surface area contributed by atoms with E-state index in [9.17, 15) is 31.5 Å². The van der Waals surface area contributed by atoms with Gasteiger partial charge in [0.15, 0.2) is 0 Å². The summed E-state index contributed by atoms with van der Waals surface area (Å²) >= 11 is 0.998. The third kappa shape index (κ3) is 6.12. The summed E-state index contributed by atoms with van der Waals surface area (Å²) in [7, 11) is -4.05. The zero-order chi connectivity index (χ0) is 28.8. The topological polar surface area (TPSA) is 76.4 Å². The van der Waals surface area contributed by atoms with Gasteiger partial charge in [0.1, 0.15) is 4.88 Å². The number of alkyl halides is 3. The second-order valence-electron chi connectivity index (χ2n) is 10.4. The fraction of sp³-hybridized carbons (Fsp3) is 0.276. The maximum atomic E-state index is 13.7. The van der Waals surface area contributed by atoms with Crippen molar-refractivity contribution in [3.8, 4) is 0 Å². The minimum atomic E-state index is -4.59. The molecule has 0 spiro atoms. The predicted octanol–water partition coefficient (Wildman–Crippen LogP) is 7.51. The highest BCUT2D eigenvalue weighted by molar-refractivity contribution is 7.90. The fourth-order valence-electron chi connectivity index (χ4n) is 4.41. The zero-order valence-corrected chi connectivity index (χ0v) is 23.5. The van der Waals surface area contributed by atoms with Gasteiger partial charge in [-0.05, 0) is 59.4 Å². The first-order valence-electron chi connectivity index (χ1n) is 12.1. The number of fused-ring (bicyclic) bond motifs is 1. The molecular formula is C29H28F3NO4S2. The van der Waals surface area contributed by atoms with Crippen molar-refractivity contribution >= 4 is 44.3 Å². The largest absolute Gasteiger partial charge is 0.477 e. The molecule has 0 aliphatic rings. The van der Waals surface area contributed by atoms with Crippen LogP contribution in [-0.4, -0.2) is 29.2 Å². The zero-order valence-electron chi connectivity index (χ0n) is 21.8. The molecule has 2 aromatic carbocycles. The van der Waals surface area contributed by atoms with E-state index in [-0.39, 0.29) is 33.4 Å². The van der Waals surface area contributed by atoms with E-state index in [0.29, 0.717) is 16.1 Å². The molecule has 5 nitrogen and oxygen atoms in total. The summed E-state index contributed by atoms with van der Waals surface area (Å²) in [6.45, 7) is 7.83. The Morgan fingerprint density at radius 1 is 1.03 bits per heavy atom. The van der Waals surface area contributed by atoms with Crippen molar-refractivity contribution in [3.63, 3.8) is 0 Å². The highest BCUT2D eigenvalue weighted by atomic mass is 32.2. The monoisotopic (exact) mass is 575 g/mol. The first-order valence-corrected chi connectivity index (χ1v) is 14.5. The lowest BCUT2D eigenvalue weighted by molar-refractivity contribution is -0.137. The van der Waals surface area contributed by atoms with Gasteiger partial charge in [-0.3, -0.25) is 0 Å². The molecule has 2 aromatic heterocycles. The van der Waals surface area contributed by atoms with Crippen molar-refractivity contribution in [2.45, 2.75) is 45.7 Å². The van der Waals surface area contributed by atoms with E-state index in [2.05, 4.69) is 20.8 Å². The molecule has 0 saturated heterocycles. The molecule has 39 heavy (non-hydrogen) atoms. The highest BCUT2D eigenvalue weighted by Crippen LogP contribution is 2.36. The minimum Gasteiger partial charge on any atom is -0.477 e. The van der Waals surface area contributed by atoms with Crippen LogP contribution >= 0.6 is 11.3 Å². The van der Waals surface area contributed by atoms with Gasteiger partial charge < -0.3 is 5.11 Å². The van der Waals surface area contributed by atoms with E-state index in [4.69, 9.17) is 0 Å². The summed E-state index contributed by atoms with van der Waals surface area (Å²) in [4.78, 5) is 12.0.